The maximum absolute atomic E-state index is 13.6. The number of esters is 2. The van der Waals surface area contributed by atoms with Gasteiger partial charge in [-0.15, -0.1) is 0 Å². The highest BCUT2D eigenvalue weighted by atomic mass is 19.1. The minimum Gasteiger partial charge on any atom is -0.493 e. The Balaban J connectivity index is 1.83. The second-order valence-electron chi connectivity index (χ2n) is 8.34. The fourth-order valence-electron chi connectivity index (χ4n) is 3.72. The number of pyridine rings is 1. The Bertz CT molecular complexity index is 1270. The predicted molar refractivity (Wildman–Crippen MR) is 130 cm³/mol. The number of nitrogens with zero attached hydrogens (tertiary/aromatic N) is 1. The van der Waals surface area contributed by atoms with Gasteiger partial charge in [-0.2, -0.15) is 0 Å². The molecule has 1 amide bonds. The van der Waals surface area contributed by atoms with Crippen LogP contribution in [0.15, 0.2) is 60.8 Å². The van der Waals surface area contributed by atoms with Crippen molar-refractivity contribution >= 4 is 17.8 Å². The lowest BCUT2D eigenvalue weighted by Gasteiger charge is -2.35. The topological polar surface area (TPSA) is 124 Å². The number of rotatable bonds is 9. The van der Waals surface area contributed by atoms with Crippen molar-refractivity contribution in [1.82, 2.24) is 10.3 Å². The van der Waals surface area contributed by atoms with E-state index in [1.54, 1.807) is 0 Å². The molecule has 0 saturated heterocycles. The van der Waals surface area contributed by atoms with Crippen molar-refractivity contribution in [1.29, 1.82) is 0 Å². The molecule has 0 radical (unpaired) electrons. The zero-order valence-corrected chi connectivity index (χ0v) is 21.0. The Morgan fingerprint density at radius 3 is 1.95 bits per heavy atom. The van der Waals surface area contributed by atoms with Crippen LogP contribution in [0.1, 0.15) is 42.4 Å². The molecule has 0 fully saturated rings. The molecule has 3 rings (SSSR count). The lowest BCUT2D eigenvalue weighted by Crippen LogP contribution is -2.46. The average Bonchev–Trinajstić information content (AvgIpc) is 2.88. The van der Waals surface area contributed by atoms with Crippen molar-refractivity contribution in [3.05, 3.63) is 89.2 Å². The van der Waals surface area contributed by atoms with E-state index in [0.717, 1.165) is 31.2 Å². The highest BCUT2D eigenvalue weighted by Crippen LogP contribution is 2.35. The summed E-state index contributed by atoms with van der Waals surface area (Å²) in [5.74, 6) is -3.74. The van der Waals surface area contributed by atoms with E-state index in [1.807, 2.05) is 0 Å². The number of benzene rings is 2. The highest BCUT2D eigenvalue weighted by molar-refractivity contribution is 5.98. The van der Waals surface area contributed by atoms with Crippen LogP contribution in [-0.2, 0) is 19.9 Å². The van der Waals surface area contributed by atoms with E-state index in [2.05, 4.69) is 10.3 Å². The fourth-order valence-corrected chi connectivity index (χ4v) is 3.72. The molecule has 0 aliphatic carbocycles. The summed E-state index contributed by atoms with van der Waals surface area (Å²) >= 11 is 0. The van der Waals surface area contributed by atoms with Gasteiger partial charge in [-0.1, -0.05) is 24.3 Å². The second kappa shape index (κ2) is 11.8. The standard InChI is InChI=1S/C27H26F2N2O7/c1-15(31-25(33)23-24(38-17(3)32)22(36-4)13-14-30-23)26(34)37-16(2)27(35,18-5-9-20(28)10-6-18)19-7-11-21(29)12-8-19/h5-16,35H,1-4H3,(H,31,33)/t15-,16+/m0/s1. The number of aliphatic hydroxyl groups is 1. The van der Waals surface area contributed by atoms with Gasteiger partial charge in [0.25, 0.3) is 5.91 Å². The lowest BCUT2D eigenvalue weighted by molar-refractivity contribution is -0.162. The van der Waals surface area contributed by atoms with Crippen LogP contribution in [0.5, 0.6) is 11.5 Å². The largest absolute Gasteiger partial charge is 0.493 e. The maximum atomic E-state index is 13.6. The lowest BCUT2D eigenvalue weighted by atomic mass is 9.82. The van der Waals surface area contributed by atoms with Crippen molar-refractivity contribution in [3.63, 3.8) is 0 Å². The van der Waals surface area contributed by atoms with E-state index in [0.29, 0.717) is 0 Å². The Morgan fingerprint density at radius 1 is 0.947 bits per heavy atom. The summed E-state index contributed by atoms with van der Waals surface area (Å²) in [4.78, 5) is 41.2. The summed E-state index contributed by atoms with van der Waals surface area (Å²) in [5, 5.41) is 14.1. The van der Waals surface area contributed by atoms with Gasteiger partial charge in [-0.25, -0.2) is 18.6 Å². The van der Waals surface area contributed by atoms with Gasteiger partial charge in [0.05, 0.1) is 7.11 Å². The zero-order valence-electron chi connectivity index (χ0n) is 21.0. The highest BCUT2D eigenvalue weighted by Gasteiger charge is 2.41. The third kappa shape index (κ3) is 6.12. The maximum Gasteiger partial charge on any atom is 0.328 e. The summed E-state index contributed by atoms with van der Waals surface area (Å²) < 4.78 is 42.8. The van der Waals surface area contributed by atoms with Crippen molar-refractivity contribution < 1.29 is 42.5 Å². The monoisotopic (exact) mass is 528 g/mol. The van der Waals surface area contributed by atoms with Crippen molar-refractivity contribution in [3.8, 4) is 11.5 Å². The molecule has 0 spiro atoms. The van der Waals surface area contributed by atoms with Gasteiger partial charge in [-0.05, 0) is 49.2 Å². The molecule has 200 valence electrons. The molecule has 0 saturated carbocycles. The van der Waals surface area contributed by atoms with Crippen molar-refractivity contribution in [2.45, 2.75) is 38.5 Å². The van der Waals surface area contributed by atoms with Gasteiger partial charge in [-0.3, -0.25) is 9.59 Å². The number of hydrogen-bond acceptors (Lipinski definition) is 8. The first-order chi connectivity index (χ1) is 18.0. The van der Waals surface area contributed by atoms with E-state index in [4.69, 9.17) is 14.2 Å². The molecule has 0 aliphatic rings. The van der Waals surface area contributed by atoms with Crippen LogP contribution in [0.25, 0.3) is 0 Å². The van der Waals surface area contributed by atoms with Gasteiger partial charge in [0.15, 0.2) is 17.0 Å². The van der Waals surface area contributed by atoms with Crippen LogP contribution in [0, 0.1) is 11.6 Å². The second-order valence-corrected chi connectivity index (χ2v) is 8.34. The molecule has 0 bridgehead atoms. The Labute approximate surface area is 217 Å². The molecule has 38 heavy (non-hydrogen) atoms. The summed E-state index contributed by atoms with van der Waals surface area (Å²) in [5.41, 5.74) is -1.91. The summed E-state index contributed by atoms with van der Waals surface area (Å²) in [7, 11) is 1.31. The third-order valence-corrected chi connectivity index (χ3v) is 5.70. The van der Waals surface area contributed by atoms with E-state index < -0.39 is 47.2 Å². The average molecular weight is 529 g/mol. The van der Waals surface area contributed by atoms with Crippen LogP contribution in [-0.4, -0.2) is 47.2 Å². The van der Waals surface area contributed by atoms with E-state index in [-0.39, 0.29) is 28.3 Å². The number of methoxy groups -OCH3 is 1. The number of ether oxygens (including phenoxy) is 3. The molecular weight excluding hydrogens is 502 g/mol. The van der Waals surface area contributed by atoms with Crippen molar-refractivity contribution in [2.75, 3.05) is 7.11 Å². The molecule has 11 heteroatoms. The molecule has 3 aromatic rings. The van der Waals surface area contributed by atoms with Gasteiger partial charge >= 0.3 is 11.9 Å². The SMILES string of the molecule is COc1ccnc(C(=O)N[C@@H](C)C(=O)O[C@H](C)C(O)(c2ccc(F)cc2)c2ccc(F)cc2)c1OC(C)=O. The van der Waals surface area contributed by atoms with E-state index in [9.17, 15) is 28.3 Å². The number of carbonyl (C=O) groups is 3. The predicted octanol–water partition coefficient (Wildman–Crippen LogP) is 3.28. The first-order valence-electron chi connectivity index (χ1n) is 11.4. The first kappa shape index (κ1) is 28.2. The number of nitrogens with one attached hydrogen (secondary N) is 1. The van der Waals surface area contributed by atoms with Crippen LogP contribution in [0.4, 0.5) is 8.78 Å². The third-order valence-electron chi connectivity index (χ3n) is 5.70. The van der Waals surface area contributed by atoms with Crippen LogP contribution in [0.3, 0.4) is 0 Å². The van der Waals surface area contributed by atoms with Gasteiger partial charge in [0.1, 0.15) is 23.8 Å². The molecule has 0 unspecified atom stereocenters. The van der Waals surface area contributed by atoms with Crippen LogP contribution >= 0.6 is 0 Å². The molecule has 2 aromatic carbocycles. The number of amides is 1. The number of carbonyl (C=O) groups excluding carboxylic acids is 3. The van der Waals surface area contributed by atoms with Crippen LogP contribution in [0.2, 0.25) is 0 Å². The molecule has 0 aliphatic heterocycles. The Kier molecular flexibility index (Phi) is 8.74. The number of aromatic nitrogens is 1. The Hall–Kier alpha value is -4.38. The van der Waals surface area contributed by atoms with Crippen molar-refractivity contribution in [2.24, 2.45) is 0 Å². The number of halogens is 2. The number of hydrogen-bond donors (Lipinski definition) is 2. The van der Waals surface area contributed by atoms with Gasteiger partial charge < -0.3 is 24.6 Å². The smallest absolute Gasteiger partial charge is 0.328 e. The molecule has 9 nitrogen and oxygen atoms in total. The molecule has 1 heterocycles. The van der Waals surface area contributed by atoms with Crippen LogP contribution < -0.4 is 14.8 Å². The zero-order chi connectivity index (χ0) is 28.0. The quantitative estimate of drug-likeness (QED) is 0.406. The summed E-state index contributed by atoms with van der Waals surface area (Å²) in [6, 6.07) is 9.93. The first-order valence-corrected chi connectivity index (χ1v) is 11.4. The molecule has 2 N–H and O–H groups in total. The summed E-state index contributed by atoms with van der Waals surface area (Å²) in [6.07, 6.45) is -0.00561. The molecular formula is C27H26F2N2O7. The minimum atomic E-state index is -1.99. The fraction of sp³-hybridized carbons (Fsp3) is 0.259. The Morgan fingerprint density at radius 2 is 1.47 bits per heavy atom. The summed E-state index contributed by atoms with van der Waals surface area (Å²) in [6.45, 7) is 3.88. The van der Waals surface area contributed by atoms with Gasteiger partial charge in [0.2, 0.25) is 5.75 Å². The van der Waals surface area contributed by atoms with E-state index >= 15 is 0 Å². The normalized spacial score (nSPS) is 12.7. The van der Waals surface area contributed by atoms with Gasteiger partial charge in [0, 0.05) is 19.2 Å². The minimum absolute atomic E-state index is 0.0767. The molecule has 2 atom stereocenters. The molecule has 1 aromatic heterocycles. The van der Waals surface area contributed by atoms with E-state index in [1.165, 1.54) is 57.5 Å².